The number of hydrogen-bond donors (Lipinski definition) is 1. The Morgan fingerprint density at radius 1 is 1.31 bits per heavy atom. The maximum absolute atomic E-state index is 4.21. The molecule has 0 amide bonds. The van der Waals surface area contributed by atoms with E-state index in [9.17, 15) is 0 Å². The van der Waals surface area contributed by atoms with Gasteiger partial charge in [0.25, 0.3) is 0 Å². The van der Waals surface area contributed by atoms with E-state index in [1.807, 2.05) is 18.2 Å². The van der Waals surface area contributed by atoms with Crippen molar-refractivity contribution in [2.45, 2.75) is 10.2 Å². The molecule has 2 rings (SSSR count). The molecule has 1 N–H and O–H groups in total. The van der Waals surface area contributed by atoms with Gasteiger partial charge >= 0.3 is 0 Å². The van der Waals surface area contributed by atoms with Gasteiger partial charge in [0.05, 0.1) is 9.25 Å². The fraction of sp³-hybridized carbons (Fsp3) is 0.222. The van der Waals surface area contributed by atoms with Crippen molar-refractivity contribution < 1.29 is 0 Å². The zero-order chi connectivity index (χ0) is 9.26. The lowest BCUT2D eigenvalue weighted by molar-refractivity contribution is 0.986. The molecule has 1 aromatic carbocycles. The van der Waals surface area contributed by atoms with E-state index in [2.05, 4.69) is 48.1 Å². The molecule has 1 aromatic heterocycles. The van der Waals surface area contributed by atoms with Crippen molar-refractivity contribution in [2.24, 2.45) is 0 Å². The molecule has 0 fully saturated rings. The minimum absolute atomic E-state index is 0.295. The van der Waals surface area contributed by atoms with Crippen LogP contribution in [-0.2, 0) is 6.42 Å². The van der Waals surface area contributed by atoms with Crippen LogP contribution in [0.4, 0.5) is 0 Å². The first kappa shape index (κ1) is 9.21. The molecule has 0 aliphatic rings. The van der Waals surface area contributed by atoms with E-state index >= 15 is 0 Å². The lowest BCUT2D eigenvalue weighted by Crippen LogP contribution is -1.93. The molecular weight excluding hydrogens is 296 g/mol. The Balaban J connectivity index is 2.46. The third-order valence-corrected chi connectivity index (χ3v) is 2.55. The van der Waals surface area contributed by atoms with Crippen molar-refractivity contribution in [3.05, 3.63) is 30.0 Å². The lowest BCUT2D eigenvalue weighted by Gasteiger charge is -1.98. The maximum atomic E-state index is 4.21. The Hall–Kier alpha value is -0.350. The summed E-state index contributed by atoms with van der Waals surface area (Å²) in [5.74, 6) is 0. The van der Waals surface area contributed by atoms with Gasteiger partial charge in [0.2, 0.25) is 0 Å². The number of halogens is 2. The number of hydrogen-bond acceptors (Lipinski definition) is 1. The molecule has 0 radical (unpaired) electrons. The van der Waals surface area contributed by atoms with Gasteiger partial charge in [0.1, 0.15) is 0 Å². The first-order valence-corrected chi connectivity index (χ1v) is 5.80. The fourth-order valence-electron chi connectivity index (χ4n) is 1.32. The monoisotopic (exact) mass is 302 g/mol. The first-order valence-electron chi connectivity index (χ1n) is 3.97. The average molecular weight is 304 g/mol. The summed E-state index contributed by atoms with van der Waals surface area (Å²) >= 11 is 6.90. The normalized spacial score (nSPS) is 11.3. The summed E-state index contributed by atoms with van der Waals surface area (Å²) in [6, 6.07) is 8.11. The van der Waals surface area contributed by atoms with Gasteiger partial charge in [-0.25, -0.2) is 0 Å². The van der Waals surface area contributed by atoms with Gasteiger partial charge in [-0.15, -0.1) is 0 Å². The molecule has 0 saturated heterocycles. The Morgan fingerprint density at radius 3 is 2.85 bits per heavy atom. The fourth-order valence-corrected chi connectivity index (χ4v) is 1.97. The van der Waals surface area contributed by atoms with E-state index in [0.717, 1.165) is 17.6 Å². The van der Waals surface area contributed by atoms with Crippen LogP contribution >= 0.6 is 31.9 Å². The second-order valence-corrected chi connectivity index (χ2v) is 6.25. The van der Waals surface area contributed by atoms with Crippen LogP contribution in [0.5, 0.6) is 0 Å². The summed E-state index contributed by atoms with van der Waals surface area (Å²) in [6.07, 6.45) is 0.903. The number of rotatable bonds is 2. The highest BCUT2D eigenvalue weighted by Gasteiger charge is 2.07. The number of nitrogens with zero attached hydrogens (tertiary/aromatic N) is 1. The molecule has 0 aliphatic heterocycles. The quantitative estimate of drug-likeness (QED) is 0.848. The van der Waals surface area contributed by atoms with Gasteiger partial charge in [-0.3, -0.25) is 5.10 Å². The molecule has 2 aromatic rings. The molecule has 0 saturated carbocycles. The Labute approximate surface area is 93.0 Å². The molecule has 13 heavy (non-hydrogen) atoms. The highest BCUT2D eigenvalue weighted by molar-refractivity contribution is 9.24. The zero-order valence-electron chi connectivity index (χ0n) is 6.80. The standard InChI is InChI=1S/C9H8Br2N2/c10-9(11)5-8-6-3-1-2-4-7(6)12-13-8/h1-4,9H,5H2,(H,12,13). The molecule has 2 nitrogen and oxygen atoms in total. The second-order valence-electron chi connectivity index (χ2n) is 2.81. The molecule has 1 heterocycles. The molecule has 0 spiro atoms. The minimum Gasteiger partial charge on any atom is -0.281 e. The number of aromatic amines is 1. The summed E-state index contributed by atoms with van der Waals surface area (Å²) in [6.45, 7) is 0. The van der Waals surface area contributed by atoms with Crippen molar-refractivity contribution >= 4 is 42.8 Å². The van der Waals surface area contributed by atoms with Crippen molar-refractivity contribution in [1.29, 1.82) is 0 Å². The summed E-state index contributed by atoms with van der Waals surface area (Å²) in [5.41, 5.74) is 2.19. The largest absolute Gasteiger partial charge is 0.281 e. The van der Waals surface area contributed by atoms with E-state index in [1.54, 1.807) is 0 Å². The van der Waals surface area contributed by atoms with Crippen LogP contribution in [0.1, 0.15) is 5.69 Å². The summed E-state index contributed by atoms with van der Waals surface area (Å²) in [4.78, 5) is 0. The van der Waals surface area contributed by atoms with Crippen LogP contribution in [0.15, 0.2) is 24.3 Å². The Bertz CT molecular complexity index is 409. The summed E-state index contributed by atoms with van der Waals surface area (Å²) in [7, 11) is 0. The van der Waals surface area contributed by atoms with Crippen molar-refractivity contribution in [3.63, 3.8) is 0 Å². The van der Waals surface area contributed by atoms with E-state index in [4.69, 9.17) is 0 Å². The Morgan fingerprint density at radius 2 is 2.08 bits per heavy atom. The first-order chi connectivity index (χ1) is 6.27. The number of H-pyrrole nitrogens is 1. The number of benzene rings is 1. The lowest BCUT2D eigenvalue weighted by atomic mass is 10.2. The van der Waals surface area contributed by atoms with Crippen molar-refractivity contribution in [3.8, 4) is 0 Å². The molecule has 68 valence electrons. The van der Waals surface area contributed by atoms with Gasteiger partial charge < -0.3 is 0 Å². The maximum Gasteiger partial charge on any atom is 0.0923 e. The van der Waals surface area contributed by atoms with Gasteiger partial charge in [0.15, 0.2) is 0 Å². The highest BCUT2D eigenvalue weighted by Crippen LogP contribution is 2.20. The molecular formula is C9H8Br2N2. The predicted octanol–water partition coefficient (Wildman–Crippen LogP) is 3.22. The van der Waals surface area contributed by atoms with E-state index in [1.165, 1.54) is 5.39 Å². The number of para-hydroxylation sites is 1. The smallest absolute Gasteiger partial charge is 0.0923 e. The third-order valence-electron chi connectivity index (χ3n) is 1.90. The van der Waals surface area contributed by atoms with Gasteiger partial charge in [-0.2, -0.15) is 5.10 Å². The van der Waals surface area contributed by atoms with Crippen LogP contribution in [0.2, 0.25) is 0 Å². The van der Waals surface area contributed by atoms with Gasteiger partial charge in [-0.1, -0.05) is 50.1 Å². The molecule has 0 bridgehead atoms. The predicted molar refractivity (Wildman–Crippen MR) is 61.4 cm³/mol. The van der Waals surface area contributed by atoms with Crippen LogP contribution < -0.4 is 0 Å². The van der Waals surface area contributed by atoms with Gasteiger partial charge in [-0.05, 0) is 6.07 Å². The van der Waals surface area contributed by atoms with Crippen LogP contribution in [0.25, 0.3) is 10.9 Å². The number of aromatic nitrogens is 2. The van der Waals surface area contributed by atoms with Crippen LogP contribution in [-0.4, -0.2) is 13.9 Å². The van der Waals surface area contributed by atoms with Crippen molar-refractivity contribution in [1.82, 2.24) is 10.2 Å². The number of alkyl halides is 2. The topological polar surface area (TPSA) is 28.7 Å². The molecule has 0 unspecified atom stereocenters. The number of fused-ring (bicyclic) bond motifs is 1. The minimum atomic E-state index is 0.295. The molecule has 0 atom stereocenters. The molecule has 4 heteroatoms. The summed E-state index contributed by atoms with van der Waals surface area (Å²) in [5, 5.41) is 8.44. The van der Waals surface area contributed by atoms with E-state index in [0.29, 0.717) is 3.74 Å². The Kier molecular flexibility index (Phi) is 2.69. The van der Waals surface area contributed by atoms with Crippen LogP contribution in [0, 0.1) is 0 Å². The SMILES string of the molecule is BrC(Br)Cc1[nH]nc2ccccc12. The van der Waals surface area contributed by atoms with E-state index < -0.39 is 0 Å². The third kappa shape index (κ3) is 1.94. The zero-order valence-corrected chi connectivity index (χ0v) is 9.97. The number of nitrogens with one attached hydrogen (secondary N) is 1. The van der Waals surface area contributed by atoms with Crippen LogP contribution in [0.3, 0.4) is 0 Å². The average Bonchev–Trinajstić information content (AvgIpc) is 2.48. The summed E-state index contributed by atoms with van der Waals surface area (Å²) < 4.78 is 0.295. The highest BCUT2D eigenvalue weighted by atomic mass is 79.9. The van der Waals surface area contributed by atoms with Gasteiger partial charge in [0, 0.05) is 17.5 Å². The second kappa shape index (κ2) is 3.80. The molecule has 0 aliphatic carbocycles. The van der Waals surface area contributed by atoms with E-state index in [-0.39, 0.29) is 0 Å². The van der Waals surface area contributed by atoms with Crippen molar-refractivity contribution in [2.75, 3.05) is 0 Å².